The molecule has 0 bridgehead atoms. The lowest BCUT2D eigenvalue weighted by Gasteiger charge is -2.16. The molecule has 1 heterocycles. The number of sulfonamides is 1. The van der Waals surface area contributed by atoms with Crippen LogP contribution in [0.2, 0.25) is 0 Å². The van der Waals surface area contributed by atoms with E-state index in [1.54, 1.807) is 32.3 Å². The smallest absolute Gasteiger partial charge is 0.242 e. The Morgan fingerprint density at radius 2 is 2.16 bits per heavy atom. The minimum absolute atomic E-state index is 0.244. The van der Waals surface area contributed by atoms with Crippen molar-refractivity contribution in [1.82, 2.24) is 9.21 Å². The summed E-state index contributed by atoms with van der Waals surface area (Å²) in [6, 6.07) is 7.38. The summed E-state index contributed by atoms with van der Waals surface area (Å²) < 4.78 is 25.4. The maximum Gasteiger partial charge on any atom is 0.242 e. The normalized spacial score (nSPS) is 21.2. The van der Waals surface area contributed by atoms with Gasteiger partial charge < -0.3 is 5.73 Å². The molecule has 0 unspecified atom stereocenters. The third-order valence-corrected chi connectivity index (χ3v) is 5.20. The van der Waals surface area contributed by atoms with E-state index in [4.69, 9.17) is 5.73 Å². The first-order valence-electron chi connectivity index (χ1n) is 6.39. The summed E-state index contributed by atoms with van der Waals surface area (Å²) in [5.41, 5.74) is 6.88. The van der Waals surface area contributed by atoms with Crippen molar-refractivity contribution < 1.29 is 8.42 Å². The molecule has 2 rings (SSSR count). The van der Waals surface area contributed by atoms with Crippen molar-refractivity contribution >= 4 is 10.0 Å². The lowest BCUT2D eigenvalue weighted by Crippen LogP contribution is -2.26. The van der Waals surface area contributed by atoms with Crippen molar-refractivity contribution in [1.29, 1.82) is 0 Å². The molecule has 1 aliphatic heterocycles. The lowest BCUT2D eigenvalue weighted by atomic mass is 10.2. The Morgan fingerprint density at radius 3 is 2.74 bits per heavy atom. The van der Waals surface area contributed by atoms with E-state index in [1.165, 1.54) is 4.31 Å². The zero-order valence-corrected chi connectivity index (χ0v) is 12.2. The van der Waals surface area contributed by atoms with Crippen molar-refractivity contribution in [2.75, 3.05) is 27.2 Å². The molecule has 2 N–H and O–H groups in total. The Bertz CT molecular complexity index is 543. The number of benzene rings is 1. The van der Waals surface area contributed by atoms with Gasteiger partial charge in [-0.3, -0.25) is 4.90 Å². The van der Waals surface area contributed by atoms with Crippen molar-refractivity contribution in [3.8, 4) is 0 Å². The van der Waals surface area contributed by atoms with Gasteiger partial charge in [0.1, 0.15) is 0 Å². The summed E-state index contributed by atoms with van der Waals surface area (Å²) in [7, 11) is -0.267. The molecule has 1 saturated heterocycles. The van der Waals surface area contributed by atoms with Gasteiger partial charge in [-0.05, 0) is 24.1 Å². The Kier molecular flexibility index (Phi) is 4.25. The highest BCUT2D eigenvalue weighted by molar-refractivity contribution is 7.89. The second-order valence-electron chi connectivity index (χ2n) is 5.22. The maximum absolute atomic E-state index is 12.1. The number of nitrogens with zero attached hydrogens (tertiary/aromatic N) is 2. The lowest BCUT2D eigenvalue weighted by molar-refractivity contribution is 0.326. The Labute approximate surface area is 115 Å². The molecule has 0 amide bonds. The molecular weight excluding hydrogens is 262 g/mol. The summed E-state index contributed by atoms with van der Waals surface area (Å²) in [6.45, 7) is 2.61. The fraction of sp³-hybridized carbons (Fsp3) is 0.538. The number of rotatable bonds is 4. The van der Waals surface area contributed by atoms with Crippen LogP contribution in [0, 0.1) is 0 Å². The molecule has 0 aromatic heterocycles. The van der Waals surface area contributed by atoms with Crippen LogP contribution in [0.1, 0.15) is 12.0 Å². The van der Waals surface area contributed by atoms with Gasteiger partial charge >= 0.3 is 0 Å². The molecule has 1 aromatic carbocycles. The van der Waals surface area contributed by atoms with Crippen LogP contribution < -0.4 is 5.73 Å². The molecule has 5 nitrogen and oxygen atoms in total. The van der Waals surface area contributed by atoms with Gasteiger partial charge in [-0.2, -0.15) is 0 Å². The molecule has 6 heteroatoms. The average molecular weight is 283 g/mol. The summed E-state index contributed by atoms with van der Waals surface area (Å²) in [4.78, 5) is 2.60. The summed E-state index contributed by atoms with van der Waals surface area (Å²) in [5, 5.41) is 0. The minimum Gasteiger partial charge on any atom is -0.326 e. The standard InChI is InChI=1S/C13H21N3O2S/c1-15(2)19(17,18)13-5-3-4-11(8-13)9-16-7-6-12(14)10-16/h3-5,8,12H,6-7,9-10,14H2,1-2H3/t12-/m1/s1. The van der Waals surface area contributed by atoms with Crippen LogP contribution in [0.5, 0.6) is 0 Å². The van der Waals surface area contributed by atoms with Crippen LogP contribution in [-0.2, 0) is 16.6 Å². The van der Waals surface area contributed by atoms with E-state index in [0.29, 0.717) is 4.90 Å². The summed E-state index contributed by atoms with van der Waals surface area (Å²) in [6.07, 6.45) is 1.01. The Morgan fingerprint density at radius 1 is 1.42 bits per heavy atom. The SMILES string of the molecule is CN(C)S(=O)(=O)c1cccc(CN2CC[C@@H](N)C2)c1. The highest BCUT2D eigenvalue weighted by Crippen LogP contribution is 2.17. The van der Waals surface area contributed by atoms with E-state index in [-0.39, 0.29) is 6.04 Å². The third kappa shape index (κ3) is 3.33. The van der Waals surface area contributed by atoms with Crippen LogP contribution in [-0.4, -0.2) is 50.8 Å². The summed E-state index contributed by atoms with van der Waals surface area (Å²) in [5.74, 6) is 0. The molecule has 1 aliphatic rings. The quantitative estimate of drug-likeness (QED) is 0.872. The molecule has 0 spiro atoms. The Balaban J connectivity index is 2.16. The van der Waals surface area contributed by atoms with E-state index in [0.717, 1.165) is 31.6 Å². The zero-order chi connectivity index (χ0) is 14.0. The topological polar surface area (TPSA) is 66.6 Å². The van der Waals surface area contributed by atoms with E-state index in [1.807, 2.05) is 6.07 Å². The third-order valence-electron chi connectivity index (χ3n) is 3.39. The van der Waals surface area contributed by atoms with E-state index < -0.39 is 10.0 Å². The molecule has 106 valence electrons. The van der Waals surface area contributed by atoms with Crippen LogP contribution >= 0.6 is 0 Å². The van der Waals surface area contributed by atoms with Gasteiger partial charge in [0.05, 0.1) is 4.90 Å². The van der Waals surface area contributed by atoms with E-state index in [9.17, 15) is 8.42 Å². The first-order chi connectivity index (χ1) is 8.89. The van der Waals surface area contributed by atoms with Gasteiger partial charge in [-0.25, -0.2) is 12.7 Å². The van der Waals surface area contributed by atoms with E-state index >= 15 is 0 Å². The first kappa shape index (κ1) is 14.5. The van der Waals surface area contributed by atoms with Gasteiger partial charge in [0, 0.05) is 39.8 Å². The largest absolute Gasteiger partial charge is 0.326 e. The van der Waals surface area contributed by atoms with Crippen molar-refractivity contribution in [3.63, 3.8) is 0 Å². The predicted octanol–water partition coefficient (Wildman–Crippen LogP) is 0.470. The number of hydrogen-bond donors (Lipinski definition) is 1. The molecular formula is C13H21N3O2S. The molecule has 1 fully saturated rings. The van der Waals surface area contributed by atoms with Gasteiger partial charge in [-0.15, -0.1) is 0 Å². The fourth-order valence-corrected chi connectivity index (χ4v) is 3.25. The Hall–Kier alpha value is -0.950. The molecule has 1 aromatic rings. The first-order valence-corrected chi connectivity index (χ1v) is 7.83. The summed E-state index contributed by atoms with van der Waals surface area (Å²) >= 11 is 0. The van der Waals surface area contributed by atoms with Gasteiger partial charge in [-0.1, -0.05) is 12.1 Å². The second kappa shape index (κ2) is 5.58. The number of likely N-dealkylation sites (tertiary alicyclic amines) is 1. The highest BCUT2D eigenvalue weighted by atomic mass is 32.2. The van der Waals surface area contributed by atoms with Gasteiger partial charge in [0.15, 0.2) is 0 Å². The highest BCUT2D eigenvalue weighted by Gasteiger charge is 2.20. The predicted molar refractivity (Wildman–Crippen MR) is 75.2 cm³/mol. The van der Waals surface area contributed by atoms with Crippen LogP contribution in [0.25, 0.3) is 0 Å². The molecule has 0 aliphatic carbocycles. The van der Waals surface area contributed by atoms with Gasteiger partial charge in [0.25, 0.3) is 0 Å². The second-order valence-corrected chi connectivity index (χ2v) is 7.37. The molecule has 19 heavy (non-hydrogen) atoms. The van der Waals surface area contributed by atoms with Crippen molar-refractivity contribution in [2.24, 2.45) is 5.73 Å². The number of hydrogen-bond acceptors (Lipinski definition) is 4. The van der Waals surface area contributed by atoms with Gasteiger partial charge in [0.2, 0.25) is 10.0 Å². The minimum atomic E-state index is -3.35. The fourth-order valence-electron chi connectivity index (χ4n) is 2.28. The van der Waals surface area contributed by atoms with Crippen molar-refractivity contribution in [3.05, 3.63) is 29.8 Å². The van der Waals surface area contributed by atoms with Crippen LogP contribution in [0.3, 0.4) is 0 Å². The van der Waals surface area contributed by atoms with Crippen LogP contribution in [0.15, 0.2) is 29.2 Å². The monoisotopic (exact) mass is 283 g/mol. The molecule has 1 atom stereocenters. The van der Waals surface area contributed by atoms with E-state index in [2.05, 4.69) is 4.90 Å². The average Bonchev–Trinajstić information content (AvgIpc) is 2.75. The van der Waals surface area contributed by atoms with Crippen LogP contribution in [0.4, 0.5) is 0 Å². The number of nitrogens with two attached hydrogens (primary N) is 1. The molecule has 0 radical (unpaired) electrons. The zero-order valence-electron chi connectivity index (χ0n) is 11.4. The maximum atomic E-state index is 12.1. The van der Waals surface area contributed by atoms with Crippen molar-refractivity contribution in [2.45, 2.75) is 23.9 Å². The molecule has 0 saturated carbocycles.